The van der Waals surface area contributed by atoms with Gasteiger partial charge in [-0.25, -0.2) is 4.98 Å². The number of nitrogens with zero attached hydrogens (tertiary/aromatic N) is 2. The van der Waals surface area contributed by atoms with Crippen LogP contribution in [-0.4, -0.2) is 16.6 Å². The number of hydrogen-bond acceptors (Lipinski definition) is 4. The summed E-state index contributed by atoms with van der Waals surface area (Å²) >= 11 is 5.93. The normalized spacial score (nSPS) is 10.5. The van der Waals surface area contributed by atoms with Crippen molar-refractivity contribution in [1.29, 1.82) is 0 Å². The average Bonchev–Trinajstić information content (AvgIpc) is 2.55. The van der Waals surface area contributed by atoms with Crippen molar-refractivity contribution < 1.29 is 4.74 Å². The second-order valence-electron chi connectivity index (χ2n) is 4.94. The van der Waals surface area contributed by atoms with E-state index in [2.05, 4.69) is 46.1 Å². The van der Waals surface area contributed by atoms with Gasteiger partial charge in [0.2, 0.25) is 5.28 Å². The molecule has 0 bridgehead atoms. The fourth-order valence-corrected chi connectivity index (χ4v) is 2.45. The highest BCUT2D eigenvalue weighted by atomic mass is 35.5. The molecule has 3 aromatic rings. The summed E-state index contributed by atoms with van der Waals surface area (Å²) in [5.41, 5.74) is 1.59. The number of ether oxygens (including phenoxy) is 1. The third-order valence-corrected chi connectivity index (χ3v) is 3.57. The lowest BCUT2D eigenvalue weighted by atomic mass is 10.1. The molecule has 4 nitrogen and oxygen atoms in total. The molecule has 0 aliphatic rings. The largest absolute Gasteiger partial charge is 0.494 e. The monoisotopic (exact) mass is 325 g/mol. The summed E-state index contributed by atoms with van der Waals surface area (Å²) in [4.78, 5) is 8.26. The standard InChI is InChI=1S/C18H16ClN3O/c1-3-23-12(2)16-11-20-18(19)22-17(16)21-15-9-8-13-6-4-5-7-14(13)10-15/h4-11H,2-3H2,1H3,(H,20,21,22). The molecular weight excluding hydrogens is 310 g/mol. The average molecular weight is 326 g/mol. The number of benzene rings is 2. The van der Waals surface area contributed by atoms with Crippen molar-refractivity contribution in [2.75, 3.05) is 11.9 Å². The molecule has 5 heteroatoms. The molecule has 0 saturated carbocycles. The minimum absolute atomic E-state index is 0.168. The maximum absolute atomic E-state index is 5.93. The molecule has 0 saturated heterocycles. The van der Waals surface area contributed by atoms with Crippen molar-refractivity contribution in [2.24, 2.45) is 0 Å². The zero-order chi connectivity index (χ0) is 16.2. The smallest absolute Gasteiger partial charge is 0.224 e. The van der Waals surface area contributed by atoms with Crippen LogP contribution in [0.3, 0.4) is 0 Å². The zero-order valence-electron chi connectivity index (χ0n) is 12.7. The van der Waals surface area contributed by atoms with Gasteiger partial charge in [-0.3, -0.25) is 0 Å². The van der Waals surface area contributed by atoms with E-state index in [1.54, 1.807) is 6.20 Å². The highest BCUT2D eigenvalue weighted by Crippen LogP contribution is 2.27. The molecule has 1 N–H and O–H groups in total. The van der Waals surface area contributed by atoms with Gasteiger partial charge >= 0.3 is 0 Å². The second-order valence-corrected chi connectivity index (χ2v) is 5.28. The Balaban J connectivity index is 1.97. The van der Waals surface area contributed by atoms with Gasteiger partial charge in [0, 0.05) is 11.9 Å². The van der Waals surface area contributed by atoms with Gasteiger partial charge in [0.05, 0.1) is 12.2 Å². The topological polar surface area (TPSA) is 47.0 Å². The van der Waals surface area contributed by atoms with E-state index in [0.29, 0.717) is 23.7 Å². The molecule has 0 aliphatic heterocycles. The lowest BCUT2D eigenvalue weighted by molar-refractivity contribution is 0.299. The molecule has 0 radical (unpaired) electrons. The third kappa shape index (κ3) is 3.43. The SMILES string of the molecule is C=C(OCC)c1cnc(Cl)nc1Nc1ccc2ccccc2c1. The van der Waals surface area contributed by atoms with Crippen LogP contribution >= 0.6 is 11.6 Å². The van der Waals surface area contributed by atoms with E-state index >= 15 is 0 Å². The van der Waals surface area contributed by atoms with Crippen LogP contribution in [0, 0.1) is 0 Å². The molecule has 0 fully saturated rings. The van der Waals surface area contributed by atoms with Crippen molar-refractivity contribution in [3.05, 3.63) is 66.1 Å². The summed E-state index contributed by atoms with van der Waals surface area (Å²) in [6.45, 7) is 6.34. The first-order chi connectivity index (χ1) is 11.2. The minimum atomic E-state index is 0.168. The van der Waals surface area contributed by atoms with Gasteiger partial charge in [0.15, 0.2) is 0 Å². The van der Waals surface area contributed by atoms with Gasteiger partial charge in [0.1, 0.15) is 11.6 Å². The van der Waals surface area contributed by atoms with Crippen LogP contribution in [0.25, 0.3) is 16.5 Å². The van der Waals surface area contributed by atoms with Crippen LogP contribution in [0.1, 0.15) is 12.5 Å². The molecule has 3 rings (SSSR count). The Bertz CT molecular complexity index is 864. The Kier molecular flexibility index (Phi) is 4.44. The highest BCUT2D eigenvalue weighted by molar-refractivity contribution is 6.28. The first-order valence-electron chi connectivity index (χ1n) is 7.28. The Morgan fingerprint density at radius 1 is 1.22 bits per heavy atom. The Labute approximate surface area is 139 Å². The van der Waals surface area contributed by atoms with Crippen LogP contribution in [0.5, 0.6) is 0 Å². The quantitative estimate of drug-likeness (QED) is 0.527. The van der Waals surface area contributed by atoms with Crippen LogP contribution in [0.4, 0.5) is 11.5 Å². The van der Waals surface area contributed by atoms with Gasteiger partial charge < -0.3 is 10.1 Å². The number of fused-ring (bicyclic) bond motifs is 1. The number of aromatic nitrogens is 2. The lowest BCUT2D eigenvalue weighted by Crippen LogP contribution is -2.02. The molecule has 0 amide bonds. The van der Waals surface area contributed by atoms with E-state index in [1.807, 2.05) is 25.1 Å². The van der Waals surface area contributed by atoms with E-state index in [9.17, 15) is 0 Å². The van der Waals surface area contributed by atoms with E-state index in [0.717, 1.165) is 11.1 Å². The minimum Gasteiger partial charge on any atom is -0.494 e. The summed E-state index contributed by atoms with van der Waals surface area (Å²) in [6.07, 6.45) is 1.61. The first kappa shape index (κ1) is 15.3. The van der Waals surface area contributed by atoms with Gasteiger partial charge in [-0.05, 0) is 41.4 Å². The fourth-order valence-electron chi connectivity index (χ4n) is 2.32. The molecule has 0 unspecified atom stereocenters. The predicted octanol–water partition coefficient (Wildman–Crippen LogP) is 5.03. The summed E-state index contributed by atoms with van der Waals surface area (Å²) in [5.74, 6) is 1.08. The van der Waals surface area contributed by atoms with Gasteiger partial charge in [-0.15, -0.1) is 0 Å². The molecular formula is C18H16ClN3O. The van der Waals surface area contributed by atoms with Gasteiger partial charge in [0.25, 0.3) is 0 Å². The number of nitrogens with one attached hydrogen (secondary N) is 1. The van der Waals surface area contributed by atoms with Crippen molar-refractivity contribution >= 4 is 39.6 Å². The second kappa shape index (κ2) is 6.67. The summed E-state index contributed by atoms with van der Waals surface area (Å²) in [5, 5.41) is 5.76. The van der Waals surface area contributed by atoms with Gasteiger partial charge in [-0.1, -0.05) is 36.9 Å². The maximum Gasteiger partial charge on any atom is 0.224 e. The van der Waals surface area contributed by atoms with E-state index in [1.165, 1.54) is 5.39 Å². The molecule has 23 heavy (non-hydrogen) atoms. The number of halogens is 1. The number of rotatable bonds is 5. The molecule has 0 atom stereocenters. The van der Waals surface area contributed by atoms with Crippen LogP contribution < -0.4 is 5.32 Å². The number of hydrogen-bond donors (Lipinski definition) is 1. The highest BCUT2D eigenvalue weighted by Gasteiger charge is 2.11. The Hall–Kier alpha value is -2.59. The molecule has 1 aromatic heterocycles. The molecule has 0 aliphatic carbocycles. The lowest BCUT2D eigenvalue weighted by Gasteiger charge is -2.13. The van der Waals surface area contributed by atoms with E-state index in [-0.39, 0.29) is 5.28 Å². The number of anilines is 2. The van der Waals surface area contributed by atoms with Crippen LogP contribution in [-0.2, 0) is 4.74 Å². The molecule has 116 valence electrons. The van der Waals surface area contributed by atoms with Crippen molar-refractivity contribution in [3.8, 4) is 0 Å². The summed E-state index contributed by atoms with van der Waals surface area (Å²) in [6, 6.07) is 14.3. The van der Waals surface area contributed by atoms with E-state index in [4.69, 9.17) is 16.3 Å². The molecule has 1 heterocycles. The Morgan fingerprint density at radius 3 is 2.78 bits per heavy atom. The van der Waals surface area contributed by atoms with Crippen LogP contribution in [0.2, 0.25) is 5.28 Å². The van der Waals surface area contributed by atoms with Crippen LogP contribution in [0.15, 0.2) is 55.2 Å². The zero-order valence-corrected chi connectivity index (χ0v) is 13.5. The molecule has 0 spiro atoms. The van der Waals surface area contributed by atoms with Gasteiger partial charge in [-0.2, -0.15) is 4.98 Å². The molecule has 2 aromatic carbocycles. The van der Waals surface area contributed by atoms with Crippen molar-refractivity contribution in [2.45, 2.75) is 6.92 Å². The summed E-state index contributed by atoms with van der Waals surface area (Å²) in [7, 11) is 0. The maximum atomic E-state index is 5.93. The predicted molar refractivity (Wildman–Crippen MR) is 94.9 cm³/mol. The summed E-state index contributed by atoms with van der Waals surface area (Å²) < 4.78 is 5.46. The third-order valence-electron chi connectivity index (χ3n) is 3.39. The van der Waals surface area contributed by atoms with Crippen molar-refractivity contribution in [3.63, 3.8) is 0 Å². The first-order valence-corrected chi connectivity index (χ1v) is 7.65. The van der Waals surface area contributed by atoms with E-state index < -0.39 is 0 Å². The Morgan fingerprint density at radius 2 is 2.00 bits per heavy atom. The van der Waals surface area contributed by atoms with Crippen molar-refractivity contribution in [1.82, 2.24) is 9.97 Å². The fraction of sp³-hybridized carbons (Fsp3) is 0.111.